The number of halogens is 3. The highest BCUT2D eigenvalue weighted by Crippen LogP contribution is 2.39. The summed E-state index contributed by atoms with van der Waals surface area (Å²) in [5.41, 5.74) is -1.22. The molecule has 0 aromatic carbocycles. The molecular weight excluding hydrogens is 597 g/mol. The number of piperazine rings is 1. The minimum atomic E-state index is -4.71. The van der Waals surface area contributed by atoms with E-state index < -0.39 is 33.5 Å². The van der Waals surface area contributed by atoms with Gasteiger partial charge < -0.3 is 19.9 Å². The second kappa shape index (κ2) is 11.1. The normalized spacial score (nSPS) is 17.6. The SMILES string of the molecule is CC(C)(C)OC(=O)N1CCN(c2ncc(-c3cnc4sc(N(C5CCNCC5)S(C)(=O)=O)nn34)cc2C(F)(F)F)CC1. The van der Waals surface area contributed by atoms with Crippen molar-refractivity contribution < 1.29 is 31.1 Å². The summed E-state index contributed by atoms with van der Waals surface area (Å²) in [6.07, 6.45) is -0.167. The van der Waals surface area contributed by atoms with Crippen molar-refractivity contribution in [1.82, 2.24) is 29.8 Å². The van der Waals surface area contributed by atoms with Crippen LogP contribution in [0.5, 0.6) is 0 Å². The molecule has 2 aliphatic rings. The van der Waals surface area contributed by atoms with E-state index in [4.69, 9.17) is 4.74 Å². The van der Waals surface area contributed by atoms with Gasteiger partial charge in [-0.15, -0.1) is 5.10 Å². The number of hydrogen-bond donors (Lipinski definition) is 1. The number of imidazole rings is 1. The van der Waals surface area contributed by atoms with Crippen LogP contribution >= 0.6 is 11.3 Å². The van der Waals surface area contributed by atoms with E-state index in [0.29, 0.717) is 30.9 Å². The fourth-order valence-electron chi connectivity index (χ4n) is 5.06. The molecule has 0 saturated carbocycles. The van der Waals surface area contributed by atoms with Gasteiger partial charge in [-0.25, -0.2) is 32.0 Å². The van der Waals surface area contributed by atoms with E-state index in [2.05, 4.69) is 20.4 Å². The van der Waals surface area contributed by atoms with Crippen LogP contribution in [-0.2, 0) is 20.9 Å². The highest BCUT2D eigenvalue weighted by atomic mass is 32.2. The average Bonchev–Trinajstić information content (AvgIpc) is 3.48. The molecule has 0 spiro atoms. The number of nitrogens with zero attached hydrogens (tertiary/aromatic N) is 7. The summed E-state index contributed by atoms with van der Waals surface area (Å²) in [5, 5.41) is 7.89. The Morgan fingerprint density at radius 3 is 2.36 bits per heavy atom. The number of sulfonamides is 1. The maximum atomic E-state index is 14.3. The Bertz CT molecular complexity index is 1550. The molecule has 3 aromatic rings. The van der Waals surface area contributed by atoms with Gasteiger partial charge in [0.1, 0.15) is 11.4 Å². The number of amides is 1. The van der Waals surface area contributed by atoms with Crippen LogP contribution in [0, 0.1) is 0 Å². The number of aromatic nitrogens is 4. The number of alkyl halides is 3. The number of piperidine rings is 1. The number of carbonyl (C=O) groups excluding carboxylic acids is 1. The third-order valence-corrected chi connectivity index (χ3v) is 9.18. The molecule has 0 unspecified atom stereocenters. The molecule has 2 aliphatic heterocycles. The molecule has 0 atom stereocenters. The minimum absolute atomic E-state index is 0.135. The number of anilines is 2. The molecule has 3 aromatic heterocycles. The third kappa shape index (κ3) is 6.41. The summed E-state index contributed by atoms with van der Waals surface area (Å²) in [6, 6.07) is 0.723. The van der Waals surface area contributed by atoms with Gasteiger partial charge in [0.15, 0.2) is 0 Å². The zero-order chi connectivity index (χ0) is 30.4. The van der Waals surface area contributed by atoms with Crippen LogP contribution in [0.4, 0.5) is 28.9 Å². The first-order valence-corrected chi connectivity index (χ1v) is 16.1. The van der Waals surface area contributed by atoms with E-state index in [0.717, 1.165) is 23.7 Å². The summed E-state index contributed by atoms with van der Waals surface area (Å²) < 4.78 is 76.4. The maximum Gasteiger partial charge on any atom is 0.419 e. The summed E-state index contributed by atoms with van der Waals surface area (Å²) >= 11 is 1.06. The van der Waals surface area contributed by atoms with Crippen LogP contribution in [0.15, 0.2) is 18.5 Å². The number of pyridine rings is 1. The molecule has 42 heavy (non-hydrogen) atoms. The molecule has 17 heteroatoms. The highest BCUT2D eigenvalue weighted by Gasteiger charge is 2.38. The molecule has 1 N–H and O–H groups in total. The molecule has 1 amide bonds. The van der Waals surface area contributed by atoms with Crippen LogP contribution in [0.25, 0.3) is 16.2 Å². The van der Waals surface area contributed by atoms with Gasteiger partial charge in [0.05, 0.1) is 23.7 Å². The van der Waals surface area contributed by atoms with Crippen molar-refractivity contribution in [2.45, 2.75) is 51.4 Å². The van der Waals surface area contributed by atoms with Gasteiger partial charge in [0.25, 0.3) is 0 Å². The molecule has 5 rings (SSSR count). The molecule has 2 saturated heterocycles. The van der Waals surface area contributed by atoms with E-state index in [1.165, 1.54) is 31.0 Å². The fraction of sp³-hybridized carbons (Fsp3) is 0.600. The molecule has 0 radical (unpaired) electrons. The Labute approximate surface area is 245 Å². The summed E-state index contributed by atoms with van der Waals surface area (Å²) in [4.78, 5) is 24.2. The third-order valence-electron chi connectivity index (χ3n) is 6.96. The number of ether oxygens (including phenoxy) is 1. The Morgan fingerprint density at radius 2 is 1.76 bits per heavy atom. The Morgan fingerprint density at radius 1 is 1.10 bits per heavy atom. The number of nitrogens with one attached hydrogen (secondary N) is 1. The summed E-state index contributed by atoms with van der Waals surface area (Å²) in [5.74, 6) is -0.232. The van der Waals surface area contributed by atoms with Crippen LogP contribution < -0.4 is 14.5 Å². The van der Waals surface area contributed by atoms with Gasteiger partial charge in [0, 0.05) is 44.0 Å². The summed E-state index contributed by atoms with van der Waals surface area (Å²) in [6.45, 7) is 7.26. The molecular formula is C25H33F3N8O4S2. The van der Waals surface area contributed by atoms with Gasteiger partial charge in [-0.3, -0.25) is 0 Å². The maximum absolute atomic E-state index is 14.3. The predicted octanol–water partition coefficient (Wildman–Crippen LogP) is 3.45. The van der Waals surface area contributed by atoms with Crippen LogP contribution in [0.1, 0.15) is 39.2 Å². The smallest absolute Gasteiger partial charge is 0.419 e. The molecule has 0 bridgehead atoms. The Hall–Kier alpha value is -3.18. The van der Waals surface area contributed by atoms with Crippen molar-refractivity contribution in [1.29, 1.82) is 0 Å². The van der Waals surface area contributed by atoms with Gasteiger partial charge in [0.2, 0.25) is 20.1 Å². The molecule has 230 valence electrons. The monoisotopic (exact) mass is 630 g/mol. The van der Waals surface area contributed by atoms with Gasteiger partial charge in [-0.2, -0.15) is 13.2 Å². The second-order valence-electron chi connectivity index (χ2n) is 11.3. The van der Waals surface area contributed by atoms with E-state index in [9.17, 15) is 26.4 Å². The lowest BCUT2D eigenvalue weighted by atomic mass is 10.1. The van der Waals surface area contributed by atoms with E-state index in [1.807, 2.05) is 0 Å². The number of carbonyl (C=O) groups is 1. The van der Waals surface area contributed by atoms with Crippen LogP contribution in [0.3, 0.4) is 0 Å². The van der Waals surface area contributed by atoms with Crippen molar-refractivity contribution in [3.8, 4) is 11.3 Å². The second-order valence-corrected chi connectivity index (χ2v) is 14.1. The van der Waals surface area contributed by atoms with Crippen LogP contribution in [0.2, 0.25) is 0 Å². The summed E-state index contributed by atoms with van der Waals surface area (Å²) in [7, 11) is -3.67. The quantitative estimate of drug-likeness (QED) is 0.451. The average molecular weight is 631 g/mol. The van der Waals surface area contributed by atoms with Crippen molar-refractivity contribution >= 4 is 43.4 Å². The first-order valence-electron chi connectivity index (χ1n) is 13.5. The predicted molar refractivity (Wildman–Crippen MR) is 152 cm³/mol. The molecule has 12 nitrogen and oxygen atoms in total. The van der Waals surface area contributed by atoms with Crippen molar-refractivity contribution in [3.63, 3.8) is 0 Å². The first-order chi connectivity index (χ1) is 19.6. The largest absolute Gasteiger partial charge is 0.444 e. The Kier molecular flexibility index (Phi) is 8.04. The van der Waals surface area contributed by atoms with Gasteiger partial charge >= 0.3 is 12.3 Å². The zero-order valence-electron chi connectivity index (χ0n) is 23.7. The lowest BCUT2D eigenvalue weighted by Gasteiger charge is -2.37. The standard InChI is InChI=1S/C25H33F3N8O4S2/c1-24(2,3)40-23(37)34-11-9-33(10-12-34)20-18(25(26,27)28)13-16(14-30-20)19-15-31-21-35(19)32-22(41-21)36(42(4,38)39)17-5-7-29-8-6-17/h13-15,17,29H,5-12H2,1-4H3. The van der Waals surface area contributed by atoms with Crippen molar-refractivity contribution in [3.05, 3.63) is 24.0 Å². The highest BCUT2D eigenvalue weighted by molar-refractivity contribution is 7.92. The van der Waals surface area contributed by atoms with Gasteiger partial charge in [-0.05, 0) is 52.8 Å². The lowest BCUT2D eigenvalue weighted by Crippen LogP contribution is -2.50. The van der Waals surface area contributed by atoms with E-state index in [-0.39, 0.29) is 54.4 Å². The van der Waals surface area contributed by atoms with Crippen molar-refractivity contribution in [2.75, 3.05) is 54.7 Å². The van der Waals surface area contributed by atoms with E-state index in [1.54, 1.807) is 20.8 Å². The fourth-order valence-corrected chi connectivity index (χ4v) is 7.51. The molecule has 2 fully saturated rings. The minimum Gasteiger partial charge on any atom is -0.444 e. The zero-order valence-corrected chi connectivity index (χ0v) is 25.3. The number of rotatable bonds is 5. The number of fused-ring (bicyclic) bond motifs is 1. The number of hydrogen-bond acceptors (Lipinski definition) is 10. The van der Waals surface area contributed by atoms with E-state index >= 15 is 0 Å². The Balaban J connectivity index is 1.43. The molecule has 5 heterocycles. The topological polar surface area (TPSA) is 125 Å². The van der Waals surface area contributed by atoms with Gasteiger partial charge in [-0.1, -0.05) is 11.3 Å². The molecule has 0 aliphatic carbocycles. The lowest BCUT2D eigenvalue weighted by molar-refractivity contribution is -0.137. The van der Waals surface area contributed by atoms with Crippen LogP contribution in [-0.4, -0.2) is 96.2 Å². The van der Waals surface area contributed by atoms with Crippen molar-refractivity contribution in [2.24, 2.45) is 0 Å². The first kappa shape index (κ1) is 30.3.